The Bertz CT molecular complexity index is 793. The molecule has 0 aliphatic heterocycles. The molecule has 1 heterocycles. The number of hydrogen-bond acceptors (Lipinski definition) is 4. The topological polar surface area (TPSA) is 37.3 Å². The minimum absolute atomic E-state index is 0.100. The lowest BCUT2D eigenvalue weighted by atomic mass is 10.2. The summed E-state index contributed by atoms with van der Waals surface area (Å²) >= 11 is 3.24. The van der Waals surface area contributed by atoms with Crippen molar-refractivity contribution < 1.29 is 5.11 Å². The summed E-state index contributed by atoms with van der Waals surface area (Å²) in [4.78, 5) is 13.5. The molecule has 0 fully saturated rings. The van der Waals surface area contributed by atoms with E-state index in [0.717, 1.165) is 25.1 Å². The molecule has 1 N–H and O–H groups in total. The Morgan fingerprint density at radius 3 is 2.68 bits per heavy atom. The van der Waals surface area contributed by atoms with Crippen molar-refractivity contribution in [3.05, 3.63) is 52.7 Å². The van der Waals surface area contributed by atoms with Gasteiger partial charge in [-0.1, -0.05) is 12.1 Å². The van der Waals surface area contributed by atoms with Crippen LogP contribution in [0.5, 0.6) is 0 Å². The maximum Gasteiger partial charge on any atom is 0.195 e. The van der Waals surface area contributed by atoms with E-state index >= 15 is 0 Å². The first-order valence-corrected chi connectivity index (χ1v) is 7.79. The van der Waals surface area contributed by atoms with Gasteiger partial charge >= 0.3 is 0 Å². The number of aliphatic hydroxyl groups is 1. The van der Waals surface area contributed by atoms with Crippen LogP contribution in [-0.4, -0.2) is 17.5 Å². The zero-order chi connectivity index (χ0) is 13.2. The van der Waals surface area contributed by atoms with Gasteiger partial charge in [-0.25, -0.2) is 0 Å². The van der Waals surface area contributed by atoms with E-state index in [0.29, 0.717) is 5.75 Å². The summed E-state index contributed by atoms with van der Waals surface area (Å²) in [6.07, 6.45) is 0. The third-order valence-electron chi connectivity index (χ3n) is 2.91. The average Bonchev–Trinajstić information content (AvgIpc) is 2.45. The van der Waals surface area contributed by atoms with Crippen LogP contribution < -0.4 is 5.43 Å². The van der Waals surface area contributed by atoms with Crippen molar-refractivity contribution in [3.8, 4) is 0 Å². The van der Waals surface area contributed by atoms with Crippen molar-refractivity contribution in [2.24, 2.45) is 0 Å². The van der Waals surface area contributed by atoms with Crippen LogP contribution in [0.15, 0.2) is 52.2 Å². The van der Waals surface area contributed by atoms with Gasteiger partial charge in [0.05, 0.1) is 6.61 Å². The van der Waals surface area contributed by atoms with E-state index in [1.54, 1.807) is 23.1 Å². The smallest absolute Gasteiger partial charge is 0.195 e. The summed E-state index contributed by atoms with van der Waals surface area (Å²) in [7, 11) is 0. The molecule has 0 spiro atoms. The maximum absolute atomic E-state index is 12.4. The van der Waals surface area contributed by atoms with Crippen LogP contribution >= 0.6 is 23.1 Å². The van der Waals surface area contributed by atoms with E-state index in [1.165, 1.54) is 0 Å². The molecule has 0 atom stereocenters. The molecule has 2 aromatic carbocycles. The maximum atomic E-state index is 12.4. The van der Waals surface area contributed by atoms with Gasteiger partial charge in [0.15, 0.2) is 5.43 Å². The fourth-order valence-corrected chi connectivity index (χ4v) is 3.91. The molecule has 0 saturated carbocycles. The third kappa shape index (κ3) is 2.39. The van der Waals surface area contributed by atoms with Gasteiger partial charge in [0.1, 0.15) is 0 Å². The Labute approximate surface area is 118 Å². The van der Waals surface area contributed by atoms with Crippen LogP contribution in [0.3, 0.4) is 0 Å². The number of aliphatic hydroxyl groups excluding tert-OH is 1. The fraction of sp³-hybridized carbons (Fsp3) is 0.133. The molecule has 0 bridgehead atoms. The van der Waals surface area contributed by atoms with Crippen molar-refractivity contribution >= 4 is 43.3 Å². The lowest BCUT2D eigenvalue weighted by Crippen LogP contribution is -2.00. The Hall–Kier alpha value is -1.36. The fourth-order valence-electron chi connectivity index (χ4n) is 2.03. The molecular weight excluding hydrogens is 276 g/mol. The summed E-state index contributed by atoms with van der Waals surface area (Å²) in [5, 5.41) is 10.4. The van der Waals surface area contributed by atoms with E-state index in [1.807, 2.05) is 42.5 Å². The van der Waals surface area contributed by atoms with E-state index in [2.05, 4.69) is 0 Å². The SMILES string of the molecule is O=c1c2ccccc2sc2cc(SCCO)ccc12. The first-order chi connectivity index (χ1) is 9.29. The second-order valence-corrected chi connectivity index (χ2v) is 6.41. The van der Waals surface area contributed by atoms with E-state index in [-0.39, 0.29) is 12.0 Å². The molecule has 2 nitrogen and oxygen atoms in total. The Morgan fingerprint density at radius 2 is 1.84 bits per heavy atom. The highest BCUT2D eigenvalue weighted by Crippen LogP contribution is 2.28. The lowest BCUT2D eigenvalue weighted by Gasteiger charge is -2.03. The normalized spacial score (nSPS) is 11.2. The number of thioether (sulfide) groups is 1. The van der Waals surface area contributed by atoms with Crippen molar-refractivity contribution in [1.29, 1.82) is 0 Å². The zero-order valence-electron chi connectivity index (χ0n) is 10.1. The van der Waals surface area contributed by atoms with Crippen LogP contribution in [0.1, 0.15) is 0 Å². The highest BCUT2D eigenvalue weighted by atomic mass is 32.2. The third-order valence-corrected chi connectivity index (χ3v) is 5.02. The second kappa shape index (κ2) is 5.33. The number of hydrogen-bond donors (Lipinski definition) is 1. The van der Waals surface area contributed by atoms with Crippen molar-refractivity contribution in [2.45, 2.75) is 4.90 Å². The molecule has 4 heteroatoms. The van der Waals surface area contributed by atoms with Gasteiger partial charge in [0, 0.05) is 30.8 Å². The standard InChI is InChI=1S/C15H12O2S2/c16-7-8-18-10-5-6-12-14(9-10)19-13-4-2-1-3-11(13)15(12)17/h1-6,9,16H,7-8H2. The Balaban J connectivity index is 2.23. The van der Waals surface area contributed by atoms with Gasteiger partial charge in [-0.3, -0.25) is 4.79 Å². The van der Waals surface area contributed by atoms with Crippen molar-refractivity contribution in [1.82, 2.24) is 0 Å². The summed E-state index contributed by atoms with van der Waals surface area (Å²) < 4.78 is 2.02. The molecule has 0 aliphatic carbocycles. The minimum Gasteiger partial charge on any atom is -0.396 e. The zero-order valence-corrected chi connectivity index (χ0v) is 11.8. The molecule has 19 heavy (non-hydrogen) atoms. The van der Waals surface area contributed by atoms with Gasteiger partial charge in [0.2, 0.25) is 0 Å². The average molecular weight is 288 g/mol. The van der Waals surface area contributed by atoms with Crippen LogP contribution in [0.4, 0.5) is 0 Å². The predicted molar refractivity (Wildman–Crippen MR) is 83.4 cm³/mol. The van der Waals surface area contributed by atoms with Gasteiger partial charge in [-0.2, -0.15) is 0 Å². The summed E-state index contributed by atoms with van der Waals surface area (Å²) in [5.74, 6) is 0.675. The number of fused-ring (bicyclic) bond motifs is 2. The molecule has 0 radical (unpaired) electrons. The first kappa shape index (κ1) is 12.7. The summed E-state index contributed by atoms with van der Waals surface area (Å²) in [6.45, 7) is 0.163. The number of rotatable bonds is 3. The van der Waals surface area contributed by atoms with Gasteiger partial charge in [-0.15, -0.1) is 23.1 Å². The van der Waals surface area contributed by atoms with Crippen LogP contribution in [0.25, 0.3) is 20.2 Å². The molecule has 0 saturated heterocycles. The summed E-state index contributed by atoms with van der Waals surface area (Å²) in [6, 6.07) is 13.6. The molecule has 1 aromatic heterocycles. The molecule has 3 aromatic rings. The molecule has 0 unspecified atom stereocenters. The van der Waals surface area contributed by atoms with E-state index < -0.39 is 0 Å². The van der Waals surface area contributed by atoms with Gasteiger partial charge in [0.25, 0.3) is 0 Å². The molecule has 96 valence electrons. The summed E-state index contributed by atoms with van der Waals surface area (Å²) in [5.41, 5.74) is 0.100. The van der Waals surface area contributed by atoms with Crippen LogP contribution in [0.2, 0.25) is 0 Å². The second-order valence-electron chi connectivity index (χ2n) is 4.16. The number of benzene rings is 2. The molecular formula is C15H12O2S2. The van der Waals surface area contributed by atoms with Crippen molar-refractivity contribution in [2.75, 3.05) is 12.4 Å². The minimum atomic E-state index is 0.100. The van der Waals surface area contributed by atoms with Crippen molar-refractivity contribution in [3.63, 3.8) is 0 Å². The highest BCUT2D eigenvalue weighted by Gasteiger charge is 2.06. The van der Waals surface area contributed by atoms with Crippen LogP contribution in [-0.2, 0) is 0 Å². The monoisotopic (exact) mass is 288 g/mol. The van der Waals surface area contributed by atoms with Gasteiger partial charge < -0.3 is 5.11 Å². The first-order valence-electron chi connectivity index (χ1n) is 5.99. The van der Waals surface area contributed by atoms with Crippen LogP contribution in [0, 0.1) is 0 Å². The predicted octanol–water partition coefficient (Wildman–Crippen LogP) is 3.50. The highest BCUT2D eigenvalue weighted by molar-refractivity contribution is 7.99. The van der Waals surface area contributed by atoms with E-state index in [9.17, 15) is 4.79 Å². The molecule has 0 amide bonds. The Morgan fingerprint density at radius 1 is 1.05 bits per heavy atom. The van der Waals surface area contributed by atoms with E-state index in [4.69, 9.17) is 5.11 Å². The Kier molecular flexibility index (Phi) is 3.55. The molecule has 3 rings (SSSR count). The van der Waals surface area contributed by atoms with Gasteiger partial charge in [-0.05, 0) is 30.3 Å². The quantitative estimate of drug-likeness (QED) is 0.592. The lowest BCUT2D eigenvalue weighted by molar-refractivity contribution is 0.322. The largest absolute Gasteiger partial charge is 0.396 e. The molecule has 0 aliphatic rings.